The fourth-order valence-electron chi connectivity index (χ4n) is 5.85. The maximum atomic E-state index is 15.2. The SMILES string of the molecule is N#Cc1c(F)cc(-c2c(F)cc(-c3ccc(OC(=O)CCCCCCCCCC(=O)Oc4ccc(-c5ccc(F)cc5)c(F)c4)cc3)cc2P)cc1F. The summed E-state index contributed by atoms with van der Waals surface area (Å²) in [5.41, 5.74) is 1.18. The molecule has 0 saturated heterocycles. The summed E-state index contributed by atoms with van der Waals surface area (Å²) in [5, 5.41) is 9.27. The predicted octanol–water partition coefficient (Wildman–Crippen LogP) is 10.8. The Bertz CT molecular complexity index is 2090. The second-order valence-electron chi connectivity index (χ2n) is 12.4. The maximum absolute atomic E-state index is 15.2. The summed E-state index contributed by atoms with van der Waals surface area (Å²) < 4.78 is 81.9. The van der Waals surface area contributed by atoms with Crippen LogP contribution in [0.3, 0.4) is 0 Å². The van der Waals surface area contributed by atoms with Crippen molar-refractivity contribution in [2.45, 2.75) is 57.8 Å². The molecule has 11 heteroatoms. The van der Waals surface area contributed by atoms with Crippen LogP contribution >= 0.6 is 9.24 Å². The van der Waals surface area contributed by atoms with Crippen LogP contribution in [0.5, 0.6) is 11.5 Å². The van der Waals surface area contributed by atoms with E-state index in [1.165, 1.54) is 48.5 Å². The number of benzene rings is 5. The summed E-state index contributed by atoms with van der Waals surface area (Å²) in [6.45, 7) is 0. The van der Waals surface area contributed by atoms with Crippen molar-refractivity contribution >= 4 is 26.5 Å². The topological polar surface area (TPSA) is 76.4 Å². The van der Waals surface area contributed by atoms with Gasteiger partial charge in [-0.3, -0.25) is 9.59 Å². The van der Waals surface area contributed by atoms with Crippen LogP contribution in [0.25, 0.3) is 33.4 Å². The van der Waals surface area contributed by atoms with Crippen LogP contribution in [-0.2, 0) is 9.59 Å². The van der Waals surface area contributed by atoms with Crippen LogP contribution < -0.4 is 14.8 Å². The molecule has 0 aliphatic rings. The van der Waals surface area contributed by atoms with E-state index in [1.54, 1.807) is 30.3 Å². The quantitative estimate of drug-likeness (QED) is 0.0351. The lowest BCUT2D eigenvalue weighted by atomic mass is 9.98. The molecule has 0 spiro atoms. The molecule has 1 unspecified atom stereocenters. The average Bonchev–Trinajstić information content (AvgIpc) is 3.11. The van der Waals surface area contributed by atoms with Crippen LogP contribution in [-0.4, -0.2) is 11.9 Å². The summed E-state index contributed by atoms with van der Waals surface area (Å²) in [4.78, 5) is 24.6. The van der Waals surface area contributed by atoms with Gasteiger partial charge in [-0.15, -0.1) is 9.24 Å². The number of carbonyl (C=O) groups excluding carboxylic acids is 2. The molecule has 5 rings (SSSR count). The Hall–Kier alpha value is -5.39. The number of unbranched alkanes of at least 4 members (excludes halogenated alkanes) is 6. The summed E-state index contributed by atoms with van der Waals surface area (Å²) in [6, 6.07) is 22.4. The molecule has 5 aromatic carbocycles. The lowest BCUT2D eigenvalue weighted by molar-refractivity contribution is -0.135. The van der Waals surface area contributed by atoms with Gasteiger partial charge in [-0.2, -0.15) is 5.26 Å². The molecule has 0 fully saturated rings. The van der Waals surface area contributed by atoms with Crippen molar-refractivity contribution in [3.05, 3.63) is 126 Å². The van der Waals surface area contributed by atoms with Crippen molar-refractivity contribution in [2.75, 3.05) is 0 Å². The molecular weight excluding hydrogens is 708 g/mol. The highest BCUT2D eigenvalue weighted by molar-refractivity contribution is 7.28. The van der Waals surface area contributed by atoms with Crippen molar-refractivity contribution in [1.82, 2.24) is 0 Å². The molecule has 1 atom stereocenters. The van der Waals surface area contributed by atoms with Gasteiger partial charge in [0.05, 0.1) is 0 Å². The number of nitrogens with zero attached hydrogens (tertiary/aromatic N) is 1. The van der Waals surface area contributed by atoms with Crippen LogP contribution in [0.15, 0.2) is 91.0 Å². The van der Waals surface area contributed by atoms with E-state index in [4.69, 9.17) is 14.7 Å². The molecule has 272 valence electrons. The van der Waals surface area contributed by atoms with Gasteiger partial charge in [0, 0.05) is 30.0 Å². The minimum Gasteiger partial charge on any atom is -0.427 e. The highest BCUT2D eigenvalue weighted by atomic mass is 31.0. The minimum atomic E-state index is -1.07. The fraction of sp³-hybridized carbons (Fsp3) is 0.214. The Morgan fingerprint density at radius 2 is 1.06 bits per heavy atom. The largest absolute Gasteiger partial charge is 0.427 e. The van der Waals surface area contributed by atoms with Crippen molar-refractivity contribution in [3.63, 3.8) is 0 Å². The number of rotatable bonds is 15. The molecule has 53 heavy (non-hydrogen) atoms. The van der Waals surface area contributed by atoms with Gasteiger partial charge in [0.2, 0.25) is 0 Å². The normalized spacial score (nSPS) is 10.9. The number of ether oxygens (including phenoxy) is 2. The van der Waals surface area contributed by atoms with Crippen LogP contribution in [0.1, 0.15) is 63.4 Å². The molecule has 0 N–H and O–H groups in total. The number of carbonyl (C=O) groups is 2. The highest BCUT2D eigenvalue weighted by Crippen LogP contribution is 2.31. The van der Waals surface area contributed by atoms with E-state index in [2.05, 4.69) is 9.24 Å². The van der Waals surface area contributed by atoms with E-state index in [-0.39, 0.29) is 41.3 Å². The van der Waals surface area contributed by atoms with E-state index in [0.29, 0.717) is 40.6 Å². The molecular formula is C42H35F5NO4P. The molecule has 0 aliphatic carbocycles. The van der Waals surface area contributed by atoms with Crippen molar-refractivity contribution in [2.24, 2.45) is 0 Å². The number of hydrogen-bond acceptors (Lipinski definition) is 5. The zero-order valence-electron chi connectivity index (χ0n) is 28.6. The van der Waals surface area contributed by atoms with Crippen molar-refractivity contribution in [3.8, 4) is 50.9 Å². The monoisotopic (exact) mass is 743 g/mol. The van der Waals surface area contributed by atoms with Gasteiger partial charge in [0.25, 0.3) is 0 Å². The minimum absolute atomic E-state index is 0.00605. The molecule has 0 saturated carbocycles. The molecule has 0 radical (unpaired) electrons. The second-order valence-corrected chi connectivity index (χ2v) is 13.1. The first-order valence-corrected chi connectivity index (χ1v) is 17.7. The third-order valence-electron chi connectivity index (χ3n) is 8.57. The van der Waals surface area contributed by atoms with Crippen LogP contribution in [0.2, 0.25) is 0 Å². The van der Waals surface area contributed by atoms with E-state index >= 15 is 4.39 Å². The number of halogens is 5. The van der Waals surface area contributed by atoms with E-state index in [0.717, 1.165) is 50.3 Å². The molecule has 0 amide bonds. The molecule has 0 bridgehead atoms. The Labute approximate surface area is 306 Å². The van der Waals surface area contributed by atoms with Gasteiger partial charge in [-0.1, -0.05) is 56.4 Å². The van der Waals surface area contributed by atoms with Gasteiger partial charge < -0.3 is 9.47 Å². The van der Waals surface area contributed by atoms with Gasteiger partial charge in [0.1, 0.15) is 52.2 Å². The third kappa shape index (κ3) is 10.6. The number of hydrogen-bond donors (Lipinski definition) is 0. The highest BCUT2D eigenvalue weighted by Gasteiger charge is 2.18. The van der Waals surface area contributed by atoms with Crippen molar-refractivity contribution in [1.29, 1.82) is 5.26 Å². The molecule has 0 aliphatic heterocycles. The van der Waals surface area contributed by atoms with Crippen molar-refractivity contribution < 1.29 is 41.0 Å². The van der Waals surface area contributed by atoms with E-state index in [9.17, 15) is 27.2 Å². The third-order valence-corrected chi connectivity index (χ3v) is 9.03. The van der Waals surface area contributed by atoms with Gasteiger partial charge in [-0.05, 0) is 101 Å². The average molecular weight is 744 g/mol. The molecule has 5 nitrogen and oxygen atoms in total. The summed E-state index contributed by atoms with van der Waals surface area (Å²) in [5.74, 6) is -4.18. The number of esters is 2. The van der Waals surface area contributed by atoms with Crippen LogP contribution in [0.4, 0.5) is 22.0 Å². The van der Waals surface area contributed by atoms with Gasteiger partial charge in [-0.25, -0.2) is 22.0 Å². The lowest BCUT2D eigenvalue weighted by Crippen LogP contribution is -2.08. The summed E-state index contributed by atoms with van der Waals surface area (Å²) in [6.07, 6.45) is 6.22. The lowest BCUT2D eigenvalue weighted by Gasteiger charge is -2.12. The Balaban J connectivity index is 0.967. The fourth-order valence-corrected chi connectivity index (χ4v) is 6.33. The molecule has 0 heterocycles. The molecule has 5 aromatic rings. The Morgan fingerprint density at radius 3 is 1.60 bits per heavy atom. The Morgan fingerprint density at radius 1 is 0.547 bits per heavy atom. The molecule has 0 aromatic heterocycles. The first-order valence-electron chi connectivity index (χ1n) is 17.1. The predicted molar refractivity (Wildman–Crippen MR) is 196 cm³/mol. The zero-order chi connectivity index (χ0) is 37.9. The number of nitriles is 1. The first kappa shape index (κ1) is 38.8. The van der Waals surface area contributed by atoms with E-state index < -0.39 is 40.6 Å². The van der Waals surface area contributed by atoms with Gasteiger partial charge >= 0.3 is 11.9 Å². The van der Waals surface area contributed by atoms with E-state index in [1.807, 2.05) is 0 Å². The van der Waals surface area contributed by atoms with Gasteiger partial charge in [0.15, 0.2) is 0 Å². The summed E-state index contributed by atoms with van der Waals surface area (Å²) >= 11 is 0. The smallest absolute Gasteiger partial charge is 0.311 e. The first-order chi connectivity index (χ1) is 25.5. The zero-order valence-corrected chi connectivity index (χ0v) is 29.7. The second kappa shape index (κ2) is 18.4. The summed E-state index contributed by atoms with van der Waals surface area (Å²) in [7, 11) is 2.36. The maximum Gasteiger partial charge on any atom is 0.311 e. The standard InChI is InChI=1S/C42H35F5NO4P/c43-30-14-10-27(11-15-30)33-19-18-32(24-37(33)46)52-41(50)9-7-5-3-1-2-4-6-8-40(49)51-31-16-12-26(13-17-31)28-20-38(47)42(39(53)23-28)29-21-35(44)34(25-48)36(45)22-29/h10-24H,1-9,53H2. The van der Waals surface area contributed by atoms with Crippen LogP contribution in [0, 0.1) is 40.4 Å². The Kier molecular flexibility index (Phi) is 13.5.